The molecule has 3 N–H and O–H groups in total. The topological polar surface area (TPSA) is 84.0 Å². The van der Waals surface area contributed by atoms with E-state index < -0.39 is 0 Å². The lowest BCUT2D eigenvalue weighted by molar-refractivity contribution is -0.119. The van der Waals surface area contributed by atoms with Gasteiger partial charge in [0.2, 0.25) is 5.91 Å². The minimum atomic E-state index is 0. The van der Waals surface area contributed by atoms with Crippen LogP contribution in [0.25, 0.3) is 0 Å². The van der Waals surface area contributed by atoms with E-state index in [0.29, 0.717) is 13.2 Å². The smallest absolute Gasteiger partial charge is 0.227 e. The van der Waals surface area contributed by atoms with Gasteiger partial charge in [0.1, 0.15) is 0 Å². The summed E-state index contributed by atoms with van der Waals surface area (Å²) in [5.41, 5.74) is 1.90. The number of carbonyl (C=O) groups excluding carboxylic acids is 1. The summed E-state index contributed by atoms with van der Waals surface area (Å²) in [6.45, 7) is 7.60. The van der Waals surface area contributed by atoms with Crippen molar-refractivity contribution in [3.63, 3.8) is 0 Å². The zero-order valence-corrected chi connectivity index (χ0v) is 20.0. The third-order valence-corrected chi connectivity index (χ3v) is 4.79. The van der Waals surface area contributed by atoms with Crippen molar-refractivity contribution >= 4 is 41.5 Å². The molecule has 1 aromatic carbocycles. The second kappa shape index (κ2) is 14.6. The number of benzene rings is 1. The Kier molecular flexibility index (Phi) is 12.9. The first-order chi connectivity index (χ1) is 13.6. The molecule has 1 heterocycles. The molecular weight excluding hydrogens is 483 g/mol. The lowest BCUT2D eigenvalue weighted by atomic mass is 10.1. The largest absolute Gasteiger partial charge is 0.379 e. The monoisotopic (exact) mass is 518 g/mol. The molecule has 1 aliphatic rings. The second-order valence-corrected chi connectivity index (χ2v) is 7.06. The van der Waals surface area contributed by atoms with Gasteiger partial charge in [0.25, 0.3) is 0 Å². The molecule has 8 heteroatoms. The Labute approximate surface area is 191 Å². The standard InChI is InChI=1S/C21H34N4O3.HI/c1-4-16(2)20(26)25-18-8-5-7-17(13-18)14-24-21(22-3)23-10-6-11-28-19-9-12-27-15-19;/h5,7-8,13,16,19H,4,6,9-12,14-15H2,1-3H3,(H,25,26)(H2,22,23,24);1H. The number of nitrogens with one attached hydrogen (secondary N) is 3. The molecule has 29 heavy (non-hydrogen) atoms. The van der Waals surface area contributed by atoms with Crippen molar-refractivity contribution in [2.75, 3.05) is 38.7 Å². The molecule has 0 radical (unpaired) electrons. The maximum absolute atomic E-state index is 12.0. The van der Waals surface area contributed by atoms with Crippen LogP contribution in [0, 0.1) is 5.92 Å². The van der Waals surface area contributed by atoms with E-state index in [1.165, 1.54) is 0 Å². The average molecular weight is 518 g/mol. The molecule has 2 unspecified atom stereocenters. The van der Waals surface area contributed by atoms with Crippen molar-refractivity contribution in [1.29, 1.82) is 0 Å². The third kappa shape index (κ3) is 9.77. The quantitative estimate of drug-likeness (QED) is 0.192. The number of hydrogen-bond donors (Lipinski definition) is 3. The van der Waals surface area contributed by atoms with Crippen LogP contribution in [0.15, 0.2) is 29.3 Å². The molecule has 2 rings (SSSR count). The predicted molar refractivity (Wildman–Crippen MR) is 128 cm³/mol. The fraction of sp³-hybridized carbons (Fsp3) is 0.619. The molecule has 1 saturated heterocycles. The normalized spacial score (nSPS) is 17.3. The number of nitrogens with zero attached hydrogens (tertiary/aromatic N) is 1. The fourth-order valence-electron chi connectivity index (χ4n) is 2.79. The number of rotatable bonds is 10. The number of amides is 1. The first kappa shape index (κ1) is 25.6. The zero-order valence-electron chi connectivity index (χ0n) is 17.7. The zero-order chi connectivity index (χ0) is 20.2. The van der Waals surface area contributed by atoms with Crippen molar-refractivity contribution in [3.05, 3.63) is 29.8 Å². The lowest BCUT2D eigenvalue weighted by Crippen LogP contribution is -2.37. The summed E-state index contributed by atoms with van der Waals surface area (Å²) in [7, 11) is 1.75. The summed E-state index contributed by atoms with van der Waals surface area (Å²) in [4.78, 5) is 16.3. The molecule has 7 nitrogen and oxygen atoms in total. The minimum Gasteiger partial charge on any atom is -0.379 e. The van der Waals surface area contributed by atoms with Gasteiger partial charge >= 0.3 is 0 Å². The van der Waals surface area contributed by atoms with E-state index in [2.05, 4.69) is 20.9 Å². The Morgan fingerprint density at radius 1 is 1.38 bits per heavy atom. The molecule has 0 bridgehead atoms. The van der Waals surface area contributed by atoms with Crippen molar-refractivity contribution in [3.8, 4) is 0 Å². The predicted octanol–water partition coefficient (Wildman–Crippen LogP) is 3.15. The summed E-state index contributed by atoms with van der Waals surface area (Å²) in [5, 5.41) is 9.56. The average Bonchev–Trinajstić information content (AvgIpc) is 3.23. The van der Waals surface area contributed by atoms with E-state index in [-0.39, 0.29) is 41.9 Å². The second-order valence-electron chi connectivity index (χ2n) is 7.06. The molecule has 0 aromatic heterocycles. The lowest BCUT2D eigenvalue weighted by Gasteiger charge is -2.14. The van der Waals surface area contributed by atoms with Crippen LogP contribution in [0.3, 0.4) is 0 Å². The Hall–Kier alpha value is -1.39. The molecule has 2 atom stereocenters. The Morgan fingerprint density at radius 3 is 2.90 bits per heavy atom. The molecule has 1 aliphatic heterocycles. The molecule has 0 spiro atoms. The van der Waals surface area contributed by atoms with Gasteiger partial charge < -0.3 is 25.4 Å². The van der Waals surface area contributed by atoms with Crippen LogP contribution in [0.4, 0.5) is 5.69 Å². The number of hydrogen-bond acceptors (Lipinski definition) is 4. The SMILES string of the molecule is CCC(C)C(=O)Nc1cccc(CNC(=NC)NCCCOC2CCOC2)c1.I. The summed E-state index contributed by atoms with van der Waals surface area (Å²) in [5.74, 6) is 0.810. The number of anilines is 1. The summed E-state index contributed by atoms with van der Waals surface area (Å²) in [6.07, 6.45) is 2.99. The fourth-order valence-corrected chi connectivity index (χ4v) is 2.79. The maximum Gasteiger partial charge on any atom is 0.227 e. The van der Waals surface area contributed by atoms with Crippen molar-refractivity contribution in [1.82, 2.24) is 10.6 Å². The molecule has 0 aliphatic carbocycles. The van der Waals surface area contributed by atoms with Gasteiger partial charge in [0.15, 0.2) is 5.96 Å². The number of halogens is 1. The van der Waals surface area contributed by atoms with Crippen LogP contribution in [-0.2, 0) is 20.8 Å². The van der Waals surface area contributed by atoms with E-state index in [0.717, 1.165) is 56.2 Å². The third-order valence-electron chi connectivity index (χ3n) is 4.79. The van der Waals surface area contributed by atoms with Gasteiger partial charge in [-0.25, -0.2) is 0 Å². The molecule has 1 amide bonds. The van der Waals surface area contributed by atoms with Crippen molar-refractivity contribution in [2.24, 2.45) is 10.9 Å². The molecule has 164 valence electrons. The van der Waals surface area contributed by atoms with Crippen LogP contribution < -0.4 is 16.0 Å². The van der Waals surface area contributed by atoms with Gasteiger partial charge in [-0.2, -0.15) is 0 Å². The van der Waals surface area contributed by atoms with Gasteiger partial charge in [-0.1, -0.05) is 26.0 Å². The first-order valence-electron chi connectivity index (χ1n) is 10.2. The van der Waals surface area contributed by atoms with Gasteiger partial charge in [-0.05, 0) is 37.0 Å². The van der Waals surface area contributed by atoms with Crippen LogP contribution in [0.2, 0.25) is 0 Å². The summed E-state index contributed by atoms with van der Waals surface area (Å²) >= 11 is 0. The van der Waals surface area contributed by atoms with Crippen LogP contribution >= 0.6 is 24.0 Å². The Balaban J connectivity index is 0.00000420. The van der Waals surface area contributed by atoms with Gasteiger partial charge in [0.05, 0.1) is 12.7 Å². The number of aliphatic imine (C=N–C) groups is 1. The van der Waals surface area contributed by atoms with E-state index in [4.69, 9.17) is 9.47 Å². The van der Waals surface area contributed by atoms with Crippen molar-refractivity contribution < 1.29 is 14.3 Å². The highest BCUT2D eigenvalue weighted by Gasteiger charge is 2.15. The van der Waals surface area contributed by atoms with Gasteiger partial charge in [0, 0.05) is 45.0 Å². The minimum absolute atomic E-state index is 0. The summed E-state index contributed by atoms with van der Waals surface area (Å²) < 4.78 is 11.1. The van der Waals surface area contributed by atoms with Crippen LogP contribution in [0.1, 0.15) is 38.7 Å². The number of guanidine groups is 1. The van der Waals surface area contributed by atoms with Gasteiger partial charge in [-0.3, -0.25) is 9.79 Å². The number of carbonyl (C=O) groups is 1. The van der Waals surface area contributed by atoms with E-state index in [1.54, 1.807) is 7.05 Å². The highest BCUT2D eigenvalue weighted by atomic mass is 127. The van der Waals surface area contributed by atoms with E-state index in [1.807, 2.05) is 38.1 Å². The molecule has 1 fully saturated rings. The molecular formula is C21H35IN4O3. The van der Waals surface area contributed by atoms with Crippen LogP contribution in [-0.4, -0.2) is 51.4 Å². The molecule has 1 aromatic rings. The highest BCUT2D eigenvalue weighted by molar-refractivity contribution is 14.0. The Morgan fingerprint density at radius 2 is 2.21 bits per heavy atom. The number of ether oxygens (including phenoxy) is 2. The van der Waals surface area contributed by atoms with Gasteiger partial charge in [-0.15, -0.1) is 24.0 Å². The Bertz CT molecular complexity index is 636. The van der Waals surface area contributed by atoms with Crippen molar-refractivity contribution in [2.45, 2.75) is 45.8 Å². The van der Waals surface area contributed by atoms with E-state index in [9.17, 15) is 4.79 Å². The summed E-state index contributed by atoms with van der Waals surface area (Å²) in [6, 6.07) is 7.87. The highest BCUT2D eigenvalue weighted by Crippen LogP contribution is 2.13. The first-order valence-corrected chi connectivity index (χ1v) is 10.2. The van der Waals surface area contributed by atoms with Crippen LogP contribution in [0.5, 0.6) is 0 Å². The maximum atomic E-state index is 12.0. The van der Waals surface area contributed by atoms with E-state index >= 15 is 0 Å². The molecule has 0 saturated carbocycles.